The molecule has 2 aliphatic rings. The molecule has 0 unspecified atom stereocenters. The molecule has 0 bridgehead atoms. The van der Waals surface area contributed by atoms with E-state index >= 15 is 0 Å². The van der Waals surface area contributed by atoms with Gasteiger partial charge in [0.1, 0.15) is 0 Å². The number of hydrogen-bond acceptors (Lipinski definition) is 5. The number of fused-ring (bicyclic) bond motifs is 1. The number of sulfone groups is 1. The Bertz CT molecular complexity index is 838. The molecule has 0 radical (unpaired) electrons. The monoisotopic (exact) mass is 446 g/mol. The molecule has 2 fully saturated rings. The van der Waals surface area contributed by atoms with Crippen LogP contribution in [0.15, 0.2) is 33.7 Å². The first-order valence-electron chi connectivity index (χ1n) is 7.50. The zero-order chi connectivity index (χ0) is 18.2. The number of anilines is 1. The van der Waals surface area contributed by atoms with Crippen molar-refractivity contribution < 1.29 is 23.1 Å². The Kier molecular flexibility index (Phi) is 5.21. The van der Waals surface area contributed by atoms with Gasteiger partial charge >= 0.3 is 5.97 Å². The number of carboxylic acid groups (broad SMARTS) is 1. The molecule has 0 spiro atoms. The molecule has 1 N–H and O–H groups in total. The molecular weight excluding hydrogens is 432 g/mol. The summed E-state index contributed by atoms with van der Waals surface area (Å²) in [6.45, 7) is 0. The summed E-state index contributed by atoms with van der Waals surface area (Å²) in [5, 5.41) is 8.93. The van der Waals surface area contributed by atoms with E-state index in [1.165, 1.54) is 11.8 Å². The SMILES string of the molecule is O=C(O)CCC(=O)N=C1S[C@@H]2CS(=O)(=O)C[C@@H]2N1c1ccc(Br)cc1. The van der Waals surface area contributed by atoms with E-state index in [1.807, 2.05) is 24.3 Å². The molecule has 7 nitrogen and oxygen atoms in total. The van der Waals surface area contributed by atoms with Gasteiger partial charge in [-0.3, -0.25) is 9.59 Å². The molecule has 0 aromatic heterocycles. The summed E-state index contributed by atoms with van der Waals surface area (Å²) < 4.78 is 24.8. The molecule has 1 amide bonds. The van der Waals surface area contributed by atoms with Crippen LogP contribution >= 0.6 is 27.7 Å². The average Bonchev–Trinajstić information content (AvgIpc) is 2.97. The van der Waals surface area contributed by atoms with E-state index in [1.54, 1.807) is 4.90 Å². The smallest absolute Gasteiger partial charge is 0.303 e. The van der Waals surface area contributed by atoms with E-state index in [9.17, 15) is 18.0 Å². The van der Waals surface area contributed by atoms with Crippen LogP contribution in [0.3, 0.4) is 0 Å². The van der Waals surface area contributed by atoms with E-state index in [0.29, 0.717) is 5.17 Å². The highest BCUT2D eigenvalue weighted by Gasteiger charge is 2.49. The predicted molar refractivity (Wildman–Crippen MR) is 99.8 cm³/mol. The molecule has 1 aromatic rings. The Balaban J connectivity index is 1.90. The number of aliphatic imine (C=N–C) groups is 1. The van der Waals surface area contributed by atoms with Crippen LogP contribution in [-0.2, 0) is 19.4 Å². The van der Waals surface area contributed by atoms with E-state index < -0.39 is 21.7 Å². The number of carbonyl (C=O) groups is 2. The largest absolute Gasteiger partial charge is 0.481 e. The van der Waals surface area contributed by atoms with E-state index in [2.05, 4.69) is 20.9 Å². The fourth-order valence-corrected chi connectivity index (χ4v) is 7.04. The number of rotatable bonds is 4. The number of carboxylic acids is 1. The predicted octanol–water partition coefficient (Wildman–Crippen LogP) is 1.92. The standard InChI is InChI=1S/C15H15BrN2O5S2/c16-9-1-3-10(4-2-9)18-11-7-25(22,23)8-12(11)24-15(18)17-13(19)5-6-14(20)21/h1-4,11-12H,5-8H2,(H,20,21)/t11-,12+/m0/s1. The molecule has 2 saturated heterocycles. The molecule has 3 rings (SSSR count). The normalized spacial score (nSPS) is 26.0. The summed E-state index contributed by atoms with van der Waals surface area (Å²) >= 11 is 4.63. The highest BCUT2D eigenvalue weighted by Crippen LogP contribution is 2.41. The molecular formula is C15H15BrN2O5S2. The molecule has 25 heavy (non-hydrogen) atoms. The Labute approximate surface area is 157 Å². The Morgan fingerprint density at radius 1 is 1.24 bits per heavy atom. The summed E-state index contributed by atoms with van der Waals surface area (Å²) in [5.74, 6) is -1.50. The Morgan fingerprint density at radius 3 is 2.56 bits per heavy atom. The lowest BCUT2D eigenvalue weighted by molar-refractivity contribution is -0.138. The highest BCUT2D eigenvalue weighted by molar-refractivity contribution is 9.10. The van der Waals surface area contributed by atoms with Gasteiger partial charge in [0.05, 0.1) is 24.0 Å². The summed E-state index contributed by atoms with van der Waals surface area (Å²) in [4.78, 5) is 28.4. The van der Waals surface area contributed by atoms with Crippen molar-refractivity contribution in [2.24, 2.45) is 4.99 Å². The fourth-order valence-electron chi connectivity index (χ4n) is 2.84. The van der Waals surface area contributed by atoms with Crippen LogP contribution in [0.4, 0.5) is 5.69 Å². The molecule has 0 aliphatic carbocycles. The lowest BCUT2D eigenvalue weighted by Crippen LogP contribution is -2.37. The molecule has 2 atom stereocenters. The van der Waals surface area contributed by atoms with Crippen molar-refractivity contribution in [2.75, 3.05) is 16.4 Å². The molecule has 1 aromatic carbocycles. The van der Waals surface area contributed by atoms with Gasteiger partial charge < -0.3 is 10.0 Å². The third-order valence-electron chi connectivity index (χ3n) is 3.94. The van der Waals surface area contributed by atoms with Crippen LogP contribution < -0.4 is 4.90 Å². The quantitative estimate of drug-likeness (QED) is 0.752. The van der Waals surface area contributed by atoms with E-state index in [4.69, 9.17) is 5.11 Å². The van der Waals surface area contributed by atoms with Crippen LogP contribution in [0.5, 0.6) is 0 Å². The molecule has 2 aliphatic heterocycles. The minimum absolute atomic E-state index is 0.0169. The highest BCUT2D eigenvalue weighted by atomic mass is 79.9. The first-order chi connectivity index (χ1) is 11.7. The number of amides is 1. The van der Waals surface area contributed by atoms with Gasteiger partial charge in [-0.2, -0.15) is 4.99 Å². The zero-order valence-electron chi connectivity index (χ0n) is 13.0. The van der Waals surface area contributed by atoms with Crippen molar-refractivity contribution in [1.82, 2.24) is 0 Å². The van der Waals surface area contributed by atoms with E-state index in [-0.39, 0.29) is 35.6 Å². The summed E-state index contributed by atoms with van der Waals surface area (Å²) in [6.07, 6.45) is -0.457. The minimum atomic E-state index is -3.12. The number of hydrogen-bond donors (Lipinski definition) is 1. The maximum absolute atomic E-state index is 12.0. The van der Waals surface area contributed by atoms with Crippen molar-refractivity contribution in [1.29, 1.82) is 0 Å². The van der Waals surface area contributed by atoms with Crippen LogP contribution in [0.25, 0.3) is 0 Å². The molecule has 10 heteroatoms. The van der Waals surface area contributed by atoms with Gasteiger partial charge in [-0.25, -0.2) is 8.42 Å². The Morgan fingerprint density at radius 2 is 1.92 bits per heavy atom. The van der Waals surface area contributed by atoms with Crippen LogP contribution in [0.2, 0.25) is 0 Å². The zero-order valence-corrected chi connectivity index (χ0v) is 16.2. The molecule has 0 saturated carbocycles. The van der Waals surface area contributed by atoms with Gasteiger partial charge in [-0.1, -0.05) is 27.7 Å². The lowest BCUT2D eigenvalue weighted by Gasteiger charge is -2.24. The number of carbonyl (C=O) groups excluding carboxylic acids is 1. The van der Waals surface area contributed by atoms with Gasteiger partial charge in [-0.15, -0.1) is 0 Å². The topological polar surface area (TPSA) is 104 Å². The molecule has 134 valence electrons. The van der Waals surface area contributed by atoms with Crippen LogP contribution in [0, 0.1) is 0 Å². The second-order valence-corrected chi connectivity index (χ2v) is 10.1. The van der Waals surface area contributed by atoms with Crippen LogP contribution in [0.1, 0.15) is 12.8 Å². The average molecular weight is 447 g/mol. The van der Waals surface area contributed by atoms with Gasteiger partial charge in [0.25, 0.3) is 0 Å². The number of aliphatic carboxylic acids is 1. The third-order valence-corrected chi connectivity index (χ3v) is 7.68. The van der Waals surface area contributed by atoms with Crippen molar-refractivity contribution >= 4 is 60.3 Å². The van der Waals surface area contributed by atoms with Gasteiger partial charge in [-0.05, 0) is 24.3 Å². The maximum atomic E-state index is 12.0. The second-order valence-electron chi connectivity index (χ2n) is 5.83. The molecule has 2 heterocycles. The van der Waals surface area contributed by atoms with Crippen molar-refractivity contribution in [3.8, 4) is 0 Å². The van der Waals surface area contributed by atoms with Crippen molar-refractivity contribution in [3.05, 3.63) is 28.7 Å². The van der Waals surface area contributed by atoms with Gasteiger partial charge in [0.2, 0.25) is 5.91 Å². The summed E-state index contributed by atoms with van der Waals surface area (Å²) in [7, 11) is -3.12. The number of halogens is 1. The van der Waals surface area contributed by atoms with Crippen molar-refractivity contribution in [2.45, 2.75) is 24.1 Å². The van der Waals surface area contributed by atoms with Crippen LogP contribution in [-0.4, -0.2) is 53.4 Å². The Hall–Kier alpha value is -1.39. The number of nitrogens with zero attached hydrogens (tertiary/aromatic N) is 2. The van der Waals surface area contributed by atoms with E-state index in [0.717, 1.165) is 10.2 Å². The van der Waals surface area contributed by atoms with Gasteiger partial charge in [0.15, 0.2) is 15.0 Å². The first-order valence-corrected chi connectivity index (χ1v) is 11.0. The summed E-state index contributed by atoms with van der Waals surface area (Å²) in [5.41, 5.74) is 0.755. The van der Waals surface area contributed by atoms with Crippen molar-refractivity contribution in [3.63, 3.8) is 0 Å². The minimum Gasteiger partial charge on any atom is -0.481 e. The number of benzene rings is 1. The summed E-state index contributed by atoms with van der Waals surface area (Å²) in [6, 6.07) is 7.05. The lowest BCUT2D eigenvalue weighted by atomic mass is 10.2. The number of thioether (sulfide) groups is 1. The third kappa shape index (κ3) is 4.24. The maximum Gasteiger partial charge on any atom is 0.303 e. The fraction of sp³-hybridized carbons (Fsp3) is 0.400. The number of amidine groups is 1. The van der Waals surface area contributed by atoms with Gasteiger partial charge in [0, 0.05) is 21.8 Å². The second kappa shape index (κ2) is 7.08. The first kappa shape index (κ1) is 18.4.